The molecule has 0 aromatic heterocycles. The quantitative estimate of drug-likeness (QED) is 0.282. The zero-order valence-corrected chi connectivity index (χ0v) is 26.1. The van der Waals surface area contributed by atoms with E-state index in [1.807, 2.05) is 30.3 Å². The van der Waals surface area contributed by atoms with Gasteiger partial charge in [-0.1, -0.05) is 90.4 Å². The fraction of sp³-hybridized carbons (Fsp3) is 0.730. The average molecular weight is 545 g/mol. The lowest BCUT2D eigenvalue weighted by Gasteiger charge is -2.70. The van der Waals surface area contributed by atoms with Crippen molar-refractivity contribution in [1.29, 1.82) is 0 Å². The van der Waals surface area contributed by atoms with Gasteiger partial charge in [0.2, 0.25) is 0 Å². The second-order valence-electron chi connectivity index (χ2n) is 16.2. The van der Waals surface area contributed by atoms with Gasteiger partial charge in [0.1, 0.15) is 12.4 Å². The van der Waals surface area contributed by atoms with E-state index >= 15 is 0 Å². The second kappa shape index (κ2) is 9.30. The maximum atomic E-state index is 14.2. The standard InChI is InChI=1S/C37H52O3/c1-24-15-18-37(32(39)40-23-26-11-9-8-10-12-26)20-19-35(6)28(31(37)25(24)2)13-14-30-34(5)22-27(38)21-33(3,4)29(34)16-17-36(30,35)7/h8-13,24-25,29-31H,14-23H2,1-7H3/t24-,25+,29?,30?,31?,34+,35?,36-,37+/m1/s1. The number of hydrogen-bond acceptors (Lipinski definition) is 3. The molecule has 0 aliphatic heterocycles. The maximum Gasteiger partial charge on any atom is 0.313 e. The molecule has 5 aliphatic carbocycles. The van der Waals surface area contributed by atoms with E-state index in [1.165, 1.54) is 12.8 Å². The van der Waals surface area contributed by atoms with Gasteiger partial charge in [-0.3, -0.25) is 9.59 Å². The number of carbonyl (C=O) groups excluding carboxylic acids is 2. The van der Waals surface area contributed by atoms with Gasteiger partial charge in [0.15, 0.2) is 0 Å². The van der Waals surface area contributed by atoms with E-state index < -0.39 is 5.41 Å². The van der Waals surface area contributed by atoms with Crippen LogP contribution < -0.4 is 0 Å². The van der Waals surface area contributed by atoms with Crippen molar-refractivity contribution in [1.82, 2.24) is 0 Å². The van der Waals surface area contributed by atoms with Crippen LogP contribution in [-0.4, -0.2) is 11.8 Å². The third-order valence-corrected chi connectivity index (χ3v) is 14.0. The van der Waals surface area contributed by atoms with Gasteiger partial charge in [-0.2, -0.15) is 0 Å². The van der Waals surface area contributed by atoms with Gasteiger partial charge in [-0.25, -0.2) is 0 Å². The molecule has 0 bridgehead atoms. The van der Waals surface area contributed by atoms with Crippen LogP contribution in [-0.2, 0) is 20.9 Å². The fourth-order valence-corrected chi connectivity index (χ4v) is 11.7. The molecule has 4 fully saturated rings. The summed E-state index contributed by atoms with van der Waals surface area (Å²) in [5.74, 6) is 2.89. The molecule has 218 valence electrons. The number of Topliss-reactive ketones (excluding diaryl/α,β-unsaturated/α-hetero) is 1. The van der Waals surface area contributed by atoms with Crippen molar-refractivity contribution in [2.45, 2.75) is 113 Å². The molecule has 0 amide bonds. The summed E-state index contributed by atoms with van der Waals surface area (Å²) in [6.07, 6.45) is 11.6. The molecule has 0 N–H and O–H groups in total. The molecule has 4 unspecified atom stereocenters. The predicted molar refractivity (Wildman–Crippen MR) is 160 cm³/mol. The summed E-state index contributed by atoms with van der Waals surface area (Å²) < 4.78 is 6.17. The lowest BCUT2D eigenvalue weighted by Crippen LogP contribution is -2.65. The monoisotopic (exact) mass is 544 g/mol. The number of allylic oxidation sites excluding steroid dienone is 2. The Kier molecular flexibility index (Phi) is 6.56. The van der Waals surface area contributed by atoms with E-state index in [0.29, 0.717) is 36.1 Å². The molecule has 3 nitrogen and oxygen atoms in total. The molecular formula is C37H52O3. The summed E-state index contributed by atoms with van der Waals surface area (Å²) in [6, 6.07) is 10.1. The van der Waals surface area contributed by atoms with Crippen molar-refractivity contribution < 1.29 is 14.3 Å². The van der Waals surface area contributed by atoms with Gasteiger partial charge >= 0.3 is 5.97 Å². The van der Waals surface area contributed by atoms with Gasteiger partial charge < -0.3 is 4.74 Å². The molecule has 5 aliphatic rings. The van der Waals surface area contributed by atoms with Crippen LogP contribution >= 0.6 is 0 Å². The Bertz CT molecular complexity index is 1210. The minimum atomic E-state index is -0.418. The highest BCUT2D eigenvalue weighted by Gasteiger charge is 2.69. The van der Waals surface area contributed by atoms with E-state index in [4.69, 9.17) is 4.74 Å². The van der Waals surface area contributed by atoms with E-state index in [-0.39, 0.29) is 33.5 Å². The topological polar surface area (TPSA) is 43.4 Å². The summed E-state index contributed by atoms with van der Waals surface area (Å²) in [5.41, 5.74) is 2.52. The van der Waals surface area contributed by atoms with E-state index in [1.54, 1.807) is 5.57 Å². The Morgan fingerprint density at radius 1 is 0.900 bits per heavy atom. The zero-order chi connectivity index (χ0) is 28.7. The molecule has 9 atom stereocenters. The normalized spacial score (nSPS) is 45.7. The molecule has 1 aromatic carbocycles. The Labute approximate surface area is 242 Å². The Balaban J connectivity index is 1.38. The first-order valence-electron chi connectivity index (χ1n) is 16.2. The van der Waals surface area contributed by atoms with Crippen molar-refractivity contribution in [2.24, 2.45) is 56.7 Å². The van der Waals surface area contributed by atoms with Crippen LogP contribution in [0.1, 0.15) is 112 Å². The molecular weight excluding hydrogens is 492 g/mol. The number of ether oxygens (including phenoxy) is 1. The number of benzene rings is 1. The third kappa shape index (κ3) is 3.81. The highest BCUT2D eigenvalue weighted by atomic mass is 16.5. The number of esters is 1. The molecule has 1 aromatic rings. The Hall–Kier alpha value is -1.90. The van der Waals surface area contributed by atoms with Crippen LogP contribution in [0.3, 0.4) is 0 Å². The number of rotatable bonds is 3. The average Bonchev–Trinajstić information content (AvgIpc) is 2.89. The summed E-state index contributed by atoms with van der Waals surface area (Å²) in [6.45, 7) is 17.5. The van der Waals surface area contributed by atoms with Crippen molar-refractivity contribution in [2.75, 3.05) is 0 Å². The van der Waals surface area contributed by atoms with Crippen LogP contribution in [0.25, 0.3) is 0 Å². The second-order valence-corrected chi connectivity index (χ2v) is 16.2. The fourth-order valence-electron chi connectivity index (χ4n) is 11.7. The lowest BCUT2D eigenvalue weighted by molar-refractivity contribution is -0.193. The highest BCUT2D eigenvalue weighted by molar-refractivity contribution is 5.81. The molecule has 4 saturated carbocycles. The SMILES string of the molecule is C[C@@H]1CC[C@]2(C(=O)OCc3ccccc3)CCC3(C)C(=CCC4[C@@]5(C)CC(=O)CC(C)(C)C5CC[C@]43C)C2[C@H]1C. The molecule has 6 rings (SSSR count). The van der Waals surface area contributed by atoms with E-state index in [2.05, 4.69) is 54.5 Å². The first kappa shape index (κ1) is 28.2. The van der Waals surface area contributed by atoms with Crippen LogP contribution in [0.15, 0.2) is 42.0 Å². The first-order chi connectivity index (χ1) is 18.8. The van der Waals surface area contributed by atoms with Gasteiger partial charge in [0.05, 0.1) is 5.41 Å². The number of ketones is 1. The lowest BCUT2D eigenvalue weighted by atomic mass is 9.33. The maximum absolute atomic E-state index is 14.2. The number of fused-ring (bicyclic) bond motifs is 7. The van der Waals surface area contributed by atoms with E-state index in [0.717, 1.165) is 50.5 Å². The highest BCUT2D eigenvalue weighted by Crippen LogP contribution is 2.75. The van der Waals surface area contributed by atoms with Crippen LogP contribution in [0.4, 0.5) is 0 Å². The Morgan fingerprint density at radius 2 is 1.62 bits per heavy atom. The van der Waals surface area contributed by atoms with Crippen LogP contribution in [0.2, 0.25) is 0 Å². The van der Waals surface area contributed by atoms with E-state index in [9.17, 15) is 9.59 Å². The van der Waals surface area contributed by atoms with Crippen LogP contribution in [0, 0.1) is 56.7 Å². The van der Waals surface area contributed by atoms with Crippen molar-refractivity contribution >= 4 is 11.8 Å². The Morgan fingerprint density at radius 3 is 2.35 bits per heavy atom. The molecule has 40 heavy (non-hydrogen) atoms. The van der Waals surface area contributed by atoms with Gasteiger partial charge in [-0.05, 0) is 102 Å². The molecule has 0 saturated heterocycles. The minimum absolute atomic E-state index is 0.0330. The summed E-state index contributed by atoms with van der Waals surface area (Å²) in [7, 11) is 0. The summed E-state index contributed by atoms with van der Waals surface area (Å²) in [5, 5.41) is 0. The summed E-state index contributed by atoms with van der Waals surface area (Å²) >= 11 is 0. The molecule has 0 spiro atoms. The first-order valence-corrected chi connectivity index (χ1v) is 16.2. The van der Waals surface area contributed by atoms with Crippen LogP contribution in [0.5, 0.6) is 0 Å². The third-order valence-electron chi connectivity index (χ3n) is 14.0. The smallest absolute Gasteiger partial charge is 0.313 e. The molecule has 3 heteroatoms. The summed E-state index contributed by atoms with van der Waals surface area (Å²) in [4.78, 5) is 27.3. The van der Waals surface area contributed by atoms with Crippen molar-refractivity contribution in [3.8, 4) is 0 Å². The number of hydrogen-bond donors (Lipinski definition) is 0. The van der Waals surface area contributed by atoms with Crippen molar-refractivity contribution in [3.05, 3.63) is 47.5 Å². The van der Waals surface area contributed by atoms with Crippen molar-refractivity contribution in [3.63, 3.8) is 0 Å². The van der Waals surface area contributed by atoms with Gasteiger partial charge in [0, 0.05) is 12.8 Å². The minimum Gasteiger partial charge on any atom is -0.460 e. The molecule has 0 radical (unpaired) electrons. The van der Waals surface area contributed by atoms with Gasteiger partial charge in [0.25, 0.3) is 0 Å². The number of carbonyl (C=O) groups is 2. The largest absolute Gasteiger partial charge is 0.460 e. The predicted octanol–water partition coefficient (Wildman–Crippen LogP) is 8.96. The molecule has 0 heterocycles. The zero-order valence-electron chi connectivity index (χ0n) is 26.1. The van der Waals surface area contributed by atoms with Gasteiger partial charge in [-0.15, -0.1) is 0 Å².